The van der Waals surface area contributed by atoms with E-state index in [0.29, 0.717) is 22.5 Å². The minimum atomic E-state index is 0.160. The van der Waals surface area contributed by atoms with Crippen LogP contribution in [-0.2, 0) is 6.54 Å². The van der Waals surface area contributed by atoms with Crippen molar-refractivity contribution in [3.05, 3.63) is 76.6 Å². The Hall–Kier alpha value is -2.96. The van der Waals surface area contributed by atoms with Gasteiger partial charge in [-0.25, -0.2) is 0 Å². The molecule has 0 amide bonds. The number of nitrogens with zero attached hydrogens (tertiary/aromatic N) is 1. The molecule has 6 heteroatoms. The number of anilines is 1. The van der Waals surface area contributed by atoms with Gasteiger partial charge < -0.3 is 22.1 Å². The molecule has 140 valence electrons. The number of benzene rings is 2. The van der Waals surface area contributed by atoms with Crippen LogP contribution in [0.5, 0.6) is 0 Å². The molecule has 0 fully saturated rings. The summed E-state index contributed by atoms with van der Waals surface area (Å²) in [5, 5.41) is 9.97. The van der Waals surface area contributed by atoms with Crippen molar-refractivity contribution in [1.82, 2.24) is 4.90 Å². The van der Waals surface area contributed by atoms with Crippen LogP contribution < -0.4 is 17.2 Å². The van der Waals surface area contributed by atoms with Crippen molar-refractivity contribution in [1.29, 1.82) is 5.41 Å². The van der Waals surface area contributed by atoms with Crippen LogP contribution in [-0.4, -0.2) is 30.1 Å². The van der Waals surface area contributed by atoms with Gasteiger partial charge in [-0.05, 0) is 49.0 Å². The molecule has 0 spiro atoms. The smallest absolute Gasteiger partial charge is 0.0862 e. The standard InChI is InChI=1S/C21H25N5S/c1-26(2)12-15-5-3-4-14(8-15)9-20(24)21(25)18-10-16(6-7-19(18)23)17(11-22)13-27/h3-11,13,25H,12,22-24H2,1-2H3/b17-11?,20-9-,25-21?. The second-order valence-electron chi connectivity index (χ2n) is 6.50. The number of hydrogen-bond acceptors (Lipinski definition) is 6. The van der Waals surface area contributed by atoms with Gasteiger partial charge in [0.1, 0.15) is 0 Å². The highest BCUT2D eigenvalue weighted by atomic mass is 32.1. The minimum Gasteiger partial charge on any atom is -0.404 e. The summed E-state index contributed by atoms with van der Waals surface area (Å²) in [6.45, 7) is 0.833. The van der Waals surface area contributed by atoms with E-state index in [1.807, 2.05) is 32.3 Å². The van der Waals surface area contributed by atoms with Crippen LogP contribution in [0.2, 0.25) is 0 Å². The molecule has 5 nitrogen and oxygen atoms in total. The van der Waals surface area contributed by atoms with Crippen LogP contribution in [0.25, 0.3) is 11.6 Å². The molecule has 0 aliphatic rings. The Morgan fingerprint density at radius 1 is 1.19 bits per heavy atom. The molecule has 2 aromatic carbocycles. The predicted molar refractivity (Wildman–Crippen MR) is 119 cm³/mol. The van der Waals surface area contributed by atoms with E-state index in [9.17, 15) is 0 Å². The van der Waals surface area contributed by atoms with Crippen LogP contribution in [0.15, 0.2) is 54.4 Å². The molecule has 0 aliphatic carbocycles. The molecule has 7 N–H and O–H groups in total. The molecular weight excluding hydrogens is 354 g/mol. The Morgan fingerprint density at radius 3 is 2.56 bits per heavy atom. The van der Waals surface area contributed by atoms with Gasteiger partial charge in [-0.1, -0.05) is 42.5 Å². The zero-order valence-electron chi connectivity index (χ0n) is 15.6. The van der Waals surface area contributed by atoms with Crippen molar-refractivity contribution >= 4 is 40.6 Å². The maximum absolute atomic E-state index is 8.48. The number of hydrogen-bond donors (Lipinski definition) is 4. The highest BCUT2D eigenvalue weighted by Gasteiger charge is 2.11. The second-order valence-corrected chi connectivity index (χ2v) is 6.74. The molecule has 0 bridgehead atoms. The van der Waals surface area contributed by atoms with Gasteiger partial charge in [-0.2, -0.15) is 0 Å². The van der Waals surface area contributed by atoms with Gasteiger partial charge in [0.2, 0.25) is 0 Å². The van der Waals surface area contributed by atoms with E-state index < -0.39 is 0 Å². The van der Waals surface area contributed by atoms with Gasteiger partial charge in [0, 0.05) is 34.9 Å². The van der Waals surface area contributed by atoms with Crippen LogP contribution in [0.1, 0.15) is 22.3 Å². The van der Waals surface area contributed by atoms with Crippen LogP contribution in [0.4, 0.5) is 5.69 Å². The van der Waals surface area contributed by atoms with E-state index in [1.165, 1.54) is 17.1 Å². The number of nitrogens with two attached hydrogens (primary N) is 3. The van der Waals surface area contributed by atoms with Crippen molar-refractivity contribution in [2.75, 3.05) is 19.8 Å². The highest BCUT2D eigenvalue weighted by molar-refractivity contribution is 7.79. The Labute approximate surface area is 165 Å². The zero-order chi connectivity index (χ0) is 20.0. The number of thiocarbonyl (C=S) groups is 1. The van der Waals surface area contributed by atoms with E-state index >= 15 is 0 Å². The average Bonchev–Trinajstić information content (AvgIpc) is 2.63. The number of nitrogens with one attached hydrogen (secondary N) is 1. The monoisotopic (exact) mass is 379 g/mol. The first-order valence-corrected chi connectivity index (χ1v) is 8.90. The van der Waals surface area contributed by atoms with E-state index in [2.05, 4.69) is 17.0 Å². The molecule has 0 atom stereocenters. The lowest BCUT2D eigenvalue weighted by Gasteiger charge is -2.12. The largest absolute Gasteiger partial charge is 0.404 e. The van der Waals surface area contributed by atoms with Gasteiger partial charge in [0.25, 0.3) is 0 Å². The van der Waals surface area contributed by atoms with E-state index in [4.69, 9.17) is 34.8 Å². The predicted octanol–water partition coefficient (Wildman–Crippen LogP) is 3.00. The van der Waals surface area contributed by atoms with Crippen molar-refractivity contribution < 1.29 is 0 Å². The molecule has 0 aromatic heterocycles. The summed E-state index contributed by atoms with van der Waals surface area (Å²) in [4.78, 5) is 2.10. The SMILES string of the molecule is CN(C)Cc1cccc(/C=C(\N)C(=N)c2cc(C(C=S)=CN)ccc2N)c1. The highest BCUT2D eigenvalue weighted by Crippen LogP contribution is 2.22. The molecule has 0 heterocycles. The molecule has 2 rings (SSSR count). The quantitative estimate of drug-likeness (QED) is 0.256. The maximum atomic E-state index is 8.48. The molecule has 0 aliphatic heterocycles. The first-order chi connectivity index (χ1) is 12.8. The third-order valence-corrected chi connectivity index (χ3v) is 4.28. The zero-order valence-corrected chi connectivity index (χ0v) is 16.4. The molecule has 27 heavy (non-hydrogen) atoms. The first-order valence-electron chi connectivity index (χ1n) is 8.42. The van der Waals surface area contributed by atoms with Crippen LogP contribution >= 0.6 is 12.2 Å². The van der Waals surface area contributed by atoms with Crippen molar-refractivity contribution in [3.8, 4) is 0 Å². The van der Waals surface area contributed by atoms with Gasteiger partial charge in [0.05, 0.1) is 11.4 Å². The fourth-order valence-corrected chi connectivity index (χ4v) is 2.92. The van der Waals surface area contributed by atoms with E-state index in [0.717, 1.165) is 17.7 Å². The summed E-state index contributed by atoms with van der Waals surface area (Å²) >= 11 is 4.98. The minimum absolute atomic E-state index is 0.160. The topological polar surface area (TPSA) is 105 Å². The Kier molecular flexibility index (Phi) is 6.87. The summed E-state index contributed by atoms with van der Waals surface area (Å²) in [5.41, 5.74) is 23.0. The third kappa shape index (κ3) is 5.26. The Morgan fingerprint density at radius 2 is 1.93 bits per heavy atom. The summed E-state index contributed by atoms with van der Waals surface area (Å²) in [6, 6.07) is 13.4. The van der Waals surface area contributed by atoms with Crippen molar-refractivity contribution in [2.45, 2.75) is 6.54 Å². The van der Waals surface area contributed by atoms with E-state index in [1.54, 1.807) is 18.2 Å². The summed E-state index contributed by atoms with van der Waals surface area (Å²) in [6.07, 6.45) is 3.22. The molecule has 0 saturated carbocycles. The van der Waals surface area contributed by atoms with Gasteiger partial charge >= 0.3 is 0 Å². The third-order valence-electron chi connectivity index (χ3n) is 4.02. The normalized spacial score (nSPS) is 12.3. The van der Waals surface area contributed by atoms with Crippen molar-refractivity contribution in [3.63, 3.8) is 0 Å². The number of allylic oxidation sites excluding steroid dienone is 2. The van der Waals surface area contributed by atoms with Crippen LogP contribution in [0, 0.1) is 5.41 Å². The average molecular weight is 380 g/mol. The number of nitrogen functional groups attached to an aromatic ring is 1. The first kappa shape index (κ1) is 20.4. The molecular formula is C21H25N5S. The molecule has 0 unspecified atom stereocenters. The van der Waals surface area contributed by atoms with Crippen molar-refractivity contribution in [2.24, 2.45) is 11.5 Å². The fraction of sp³-hybridized carbons (Fsp3) is 0.143. The van der Waals surface area contributed by atoms with Crippen LogP contribution in [0.3, 0.4) is 0 Å². The van der Waals surface area contributed by atoms with Gasteiger partial charge in [0.15, 0.2) is 0 Å². The summed E-state index contributed by atoms with van der Waals surface area (Å²) < 4.78 is 0. The summed E-state index contributed by atoms with van der Waals surface area (Å²) in [7, 11) is 4.04. The number of rotatable bonds is 7. The van der Waals surface area contributed by atoms with Gasteiger partial charge in [-0.15, -0.1) is 0 Å². The lowest BCUT2D eigenvalue weighted by molar-refractivity contribution is 0.402. The Bertz CT molecular complexity index is 913. The van der Waals surface area contributed by atoms with E-state index in [-0.39, 0.29) is 5.71 Å². The van der Waals surface area contributed by atoms with Gasteiger partial charge in [-0.3, -0.25) is 5.41 Å². The fourth-order valence-electron chi connectivity index (χ4n) is 2.71. The lowest BCUT2D eigenvalue weighted by Crippen LogP contribution is -2.14. The maximum Gasteiger partial charge on any atom is 0.0862 e. The lowest BCUT2D eigenvalue weighted by atomic mass is 9.98. The molecule has 0 saturated heterocycles. The molecule has 2 aromatic rings. The Balaban J connectivity index is 2.36. The second kappa shape index (κ2) is 9.12. The molecule has 0 radical (unpaired) electrons. The summed E-state index contributed by atoms with van der Waals surface area (Å²) in [5.74, 6) is 0.